The number of benzene rings is 2. The van der Waals surface area contributed by atoms with Crippen molar-refractivity contribution in [1.29, 1.82) is 0 Å². The summed E-state index contributed by atoms with van der Waals surface area (Å²) in [6.45, 7) is 6.85. The number of ether oxygens (including phenoxy) is 1. The third-order valence-corrected chi connectivity index (χ3v) is 4.02. The van der Waals surface area contributed by atoms with Gasteiger partial charge in [-0.05, 0) is 48.1 Å². The lowest BCUT2D eigenvalue weighted by atomic mass is 9.98. The molecular weight excluding hydrogens is 300 g/mol. The summed E-state index contributed by atoms with van der Waals surface area (Å²) < 4.78 is 5.14. The van der Waals surface area contributed by atoms with E-state index in [1.54, 1.807) is 7.11 Å². The molecule has 0 unspecified atom stereocenters. The molecule has 2 N–H and O–H groups in total. The summed E-state index contributed by atoms with van der Waals surface area (Å²) in [6.07, 6.45) is 0.780. The minimum Gasteiger partial charge on any atom is -0.497 e. The van der Waals surface area contributed by atoms with Gasteiger partial charge in [0.2, 0.25) is 0 Å². The molecule has 4 nitrogen and oxygen atoms in total. The molecule has 0 bridgehead atoms. The summed E-state index contributed by atoms with van der Waals surface area (Å²) in [4.78, 5) is 12.2. The Morgan fingerprint density at radius 2 is 1.83 bits per heavy atom. The Morgan fingerprint density at radius 1 is 1.12 bits per heavy atom. The highest BCUT2D eigenvalue weighted by Crippen LogP contribution is 2.27. The molecule has 0 aliphatic heterocycles. The normalized spacial score (nSPS) is 10.5. The summed E-state index contributed by atoms with van der Waals surface area (Å²) in [6, 6.07) is 13.8. The van der Waals surface area contributed by atoms with Gasteiger partial charge < -0.3 is 15.4 Å². The standard InChI is InChI=1S/C20H26N2O2/c1-14(2)18-7-5-6-15(3)19(18)22-20(23)21-13-12-16-8-10-17(24-4)11-9-16/h5-11,14H,12-13H2,1-4H3,(H2,21,22,23). The van der Waals surface area contributed by atoms with Crippen LogP contribution in [0.3, 0.4) is 0 Å². The molecule has 0 heterocycles. The maximum atomic E-state index is 12.2. The highest BCUT2D eigenvalue weighted by atomic mass is 16.5. The van der Waals surface area contributed by atoms with E-state index in [-0.39, 0.29) is 6.03 Å². The van der Waals surface area contributed by atoms with Crippen molar-refractivity contribution in [3.8, 4) is 5.75 Å². The Labute approximate surface area is 144 Å². The predicted octanol–water partition coefficient (Wildman–Crippen LogP) is 4.49. The monoisotopic (exact) mass is 326 g/mol. The van der Waals surface area contributed by atoms with Crippen LogP contribution in [0.1, 0.15) is 36.5 Å². The second kappa shape index (κ2) is 8.39. The second-order valence-electron chi connectivity index (χ2n) is 6.17. The maximum Gasteiger partial charge on any atom is 0.319 e. The first-order chi connectivity index (χ1) is 11.5. The number of aryl methyl sites for hydroxylation is 1. The molecule has 0 aromatic heterocycles. The zero-order valence-corrected chi connectivity index (χ0v) is 14.8. The van der Waals surface area contributed by atoms with E-state index in [2.05, 4.69) is 30.5 Å². The summed E-state index contributed by atoms with van der Waals surface area (Å²) in [7, 11) is 1.65. The van der Waals surface area contributed by atoms with Gasteiger partial charge in [0.25, 0.3) is 0 Å². The van der Waals surface area contributed by atoms with Crippen molar-refractivity contribution in [3.05, 3.63) is 59.2 Å². The van der Waals surface area contributed by atoms with E-state index >= 15 is 0 Å². The van der Waals surface area contributed by atoms with Gasteiger partial charge in [-0.3, -0.25) is 0 Å². The van der Waals surface area contributed by atoms with Crippen LogP contribution in [0.2, 0.25) is 0 Å². The molecule has 2 rings (SSSR count). The minimum atomic E-state index is -0.167. The molecule has 0 spiro atoms. The van der Waals surface area contributed by atoms with Gasteiger partial charge >= 0.3 is 6.03 Å². The van der Waals surface area contributed by atoms with Crippen molar-refractivity contribution in [2.45, 2.75) is 33.1 Å². The van der Waals surface area contributed by atoms with Crippen LogP contribution in [0, 0.1) is 6.92 Å². The average molecular weight is 326 g/mol. The molecular formula is C20H26N2O2. The Kier molecular flexibility index (Phi) is 6.24. The van der Waals surface area contributed by atoms with Crippen LogP contribution in [0.15, 0.2) is 42.5 Å². The van der Waals surface area contributed by atoms with E-state index in [0.717, 1.165) is 34.5 Å². The van der Waals surface area contributed by atoms with Gasteiger partial charge in [0.15, 0.2) is 0 Å². The van der Waals surface area contributed by atoms with Crippen LogP contribution in [0.25, 0.3) is 0 Å². The number of anilines is 1. The number of carbonyl (C=O) groups is 1. The Hall–Kier alpha value is -2.49. The molecule has 0 aliphatic rings. The van der Waals surface area contributed by atoms with Crippen molar-refractivity contribution in [2.24, 2.45) is 0 Å². The Morgan fingerprint density at radius 3 is 2.46 bits per heavy atom. The topological polar surface area (TPSA) is 50.4 Å². The van der Waals surface area contributed by atoms with Crippen molar-refractivity contribution in [3.63, 3.8) is 0 Å². The van der Waals surface area contributed by atoms with E-state index in [4.69, 9.17) is 4.74 Å². The number of urea groups is 1. The number of hydrogen-bond donors (Lipinski definition) is 2. The maximum absolute atomic E-state index is 12.2. The first kappa shape index (κ1) is 17.9. The van der Waals surface area contributed by atoms with Gasteiger partial charge in [0.05, 0.1) is 7.11 Å². The van der Waals surface area contributed by atoms with E-state index < -0.39 is 0 Å². The SMILES string of the molecule is COc1ccc(CCNC(=O)Nc2c(C)cccc2C(C)C)cc1. The van der Waals surface area contributed by atoms with Crippen LogP contribution in [-0.4, -0.2) is 19.7 Å². The summed E-state index contributed by atoms with van der Waals surface area (Å²) in [5, 5.41) is 5.91. The van der Waals surface area contributed by atoms with Crippen molar-refractivity contribution in [1.82, 2.24) is 5.32 Å². The first-order valence-corrected chi connectivity index (χ1v) is 8.28. The lowest BCUT2D eigenvalue weighted by Gasteiger charge is -2.16. The molecule has 2 aromatic rings. The Bertz CT molecular complexity index is 679. The van der Waals surface area contributed by atoms with Crippen molar-refractivity contribution >= 4 is 11.7 Å². The van der Waals surface area contributed by atoms with E-state index in [9.17, 15) is 4.79 Å². The highest BCUT2D eigenvalue weighted by molar-refractivity contribution is 5.91. The zero-order chi connectivity index (χ0) is 17.5. The van der Waals surface area contributed by atoms with Gasteiger partial charge in [0, 0.05) is 12.2 Å². The van der Waals surface area contributed by atoms with Gasteiger partial charge in [-0.25, -0.2) is 4.79 Å². The van der Waals surface area contributed by atoms with Gasteiger partial charge in [-0.15, -0.1) is 0 Å². The number of rotatable bonds is 6. The molecule has 0 saturated carbocycles. The van der Waals surface area contributed by atoms with Gasteiger partial charge in [0.1, 0.15) is 5.75 Å². The summed E-state index contributed by atoms with van der Waals surface area (Å²) >= 11 is 0. The van der Waals surface area contributed by atoms with Crippen LogP contribution in [0.4, 0.5) is 10.5 Å². The van der Waals surface area contributed by atoms with Crippen LogP contribution >= 0.6 is 0 Å². The predicted molar refractivity (Wildman–Crippen MR) is 99.0 cm³/mol. The molecule has 0 aliphatic carbocycles. The molecule has 0 atom stereocenters. The molecule has 2 amide bonds. The summed E-state index contributed by atoms with van der Waals surface area (Å²) in [5.41, 5.74) is 4.30. The fourth-order valence-electron chi connectivity index (χ4n) is 2.61. The van der Waals surface area contributed by atoms with E-state index in [1.165, 1.54) is 0 Å². The van der Waals surface area contributed by atoms with Crippen molar-refractivity contribution < 1.29 is 9.53 Å². The quantitative estimate of drug-likeness (QED) is 0.821. The number of methoxy groups -OCH3 is 1. The largest absolute Gasteiger partial charge is 0.497 e. The smallest absolute Gasteiger partial charge is 0.319 e. The van der Waals surface area contributed by atoms with Crippen LogP contribution in [-0.2, 0) is 6.42 Å². The molecule has 4 heteroatoms. The van der Waals surface area contributed by atoms with Crippen molar-refractivity contribution in [2.75, 3.05) is 19.0 Å². The molecule has 2 aromatic carbocycles. The Balaban J connectivity index is 1.89. The fourth-order valence-corrected chi connectivity index (χ4v) is 2.61. The third kappa shape index (κ3) is 4.75. The zero-order valence-electron chi connectivity index (χ0n) is 14.8. The van der Waals surface area contributed by atoms with E-state index in [0.29, 0.717) is 12.5 Å². The lowest BCUT2D eigenvalue weighted by Crippen LogP contribution is -2.31. The van der Waals surface area contributed by atoms with Crippen LogP contribution in [0.5, 0.6) is 5.75 Å². The van der Waals surface area contributed by atoms with Crippen LogP contribution < -0.4 is 15.4 Å². The number of amides is 2. The molecule has 24 heavy (non-hydrogen) atoms. The second-order valence-corrected chi connectivity index (χ2v) is 6.17. The molecule has 0 radical (unpaired) electrons. The number of carbonyl (C=O) groups excluding carboxylic acids is 1. The lowest BCUT2D eigenvalue weighted by molar-refractivity contribution is 0.252. The number of hydrogen-bond acceptors (Lipinski definition) is 2. The highest BCUT2D eigenvalue weighted by Gasteiger charge is 2.11. The average Bonchev–Trinajstić information content (AvgIpc) is 2.57. The number of nitrogens with one attached hydrogen (secondary N) is 2. The first-order valence-electron chi connectivity index (χ1n) is 8.28. The van der Waals surface area contributed by atoms with Gasteiger partial charge in [-0.2, -0.15) is 0 Å². The number of para-hydroxylation sites is 1. The molecule has 0 saturated heterocycles. The third-order valence-electron chi connectivity index (χ3n) is 4.02. The van der Waals surface area contributed by atoms with Gasteiger partial charge in [-0.1, -0.05) is 44.2 Å². The molecule has 128 valence electrons. The fraction of sp³-hybridized carbons (Fsp3) is 0.350. The summed E-state index contributed by atoms with van der Waals surface area (Å²) in [5.74, 6) is 1.20. The van der Waals surface area contributed by atoms with E-state index in [1.807, 2.05) is 43.3 Å². The molecule has 0 fully saturated rings. The minimum absolute atomic E-state index is 0.167.